The quantitative estimate of drug-likeness (QED) is 0.472. The molecule has 1 amide bonds. The van der Waals surface area contributed by atoms with Gasteiger partial charge >= 0.3 is 169 Å². The Balaban J connectivity index is 1.52. The van der Waals surface area contributed by atoms with Crippen LogP contribution in [0.1, 0.15) is 15.9 Å². The summed E-state index contributed by atoms with van der Waals surface area (Å²) in [6.07, 6.45) is 3.68. The van der Waals surface area contributed by atoms with E-state index in [4.69, 9.17) is 5.73 Å². The zero-order valence-corrected chi connectivity index (χ0v) is 17.5. The number of aromatic nitrogens is 3. The molecule has 6 nitrogen and oxygen atoms in total. The van der Waals surface area contributed by atoms with E-state index < -0.39 is 15.8 Å². The van der Waals surface area contributed by atoms with E-state index >= 15 is 0 Å². The number of anilines is 2. The topological polar surface area (TPSA) is 85.8 Å². The SMILES string of the molecule is Cn1cc2ccc(NC(=O)c3ccccc3[AsH]Cc3ccnc(N)c3)cc2n1. The van der Waals surface area contributed by atoms with E-state index in [0.717, 1.165) is 37.3 Å². The van der Waals surface area contributed by atoms with Crippen LogP contribution in [0, 0.1) is 0 Å². The van der Waals surface area contributed by atoms with Crippen LogP contribution in [-0.2, 0) is 12.3 Å². The maximum absolute atomic E-state index is 12.9. The fourth-order valence-electron chi connectivity index (χ4n) is 3.05. The number of pyridine rings is 1. The van der Waals surface area contributed by atoms with Crippen LogP contribution in [0.5, 0.6) is 0 Å². The molecule has 4 aromatic rings. The average molecular weight is 433 g/mol. The number of hydrogen-bond acceptors (Lipinski definition) is 4. The standard InChI is InChI=1S/C21H20AsN5O/c1-27-13-15-6-7-16(11-19(15)26-27)25-21(28)17-4-2-3-5-18(17)22-12-14-8-9-24-20(23)10-14/h2-11,13,22H,12H2,1H3,(H2,23,24)(H,25,28). The molecule has 0 bridgehead atoms. The van der Waals surface area contributed by atoms with Crippen LogP contribution >= 0.6 is 0 Å². The van der Waals surface area contributed by atoms with Crippen LogP contribution in [0.15, 0.2) is 67.0 Å². The number of nitrogens with zero attached hydrogens (tertiary/aromatic N) is 3. The number of nitrogens with two attached hydrogens (primary N) is 1. The maximum atomic E-state index is 12.9. The van der Waals surface area contributed by atoms with E-state index in [1.807, 2.05) is 67.8 Å². The number of rotatable bonds is 5. The normalized spacial score (nSPS) is 11.3. The zero-order valence-electron chi connectivity index (χ0n) is 15.4. The molecule has 3 N–H and O–H groups in total. The van der Waals surface area contributed by atoms with Gasteiger partial charge in [-0.15, -0.1) is 0 Å². The molecule has 0 spiro atoms. The molecule has 0 aliphatic heterocycles. The molecule has 0 saturated heterocycles. The third kappa shape index (κ3) is 4.07. The molecule has 0 aliphatic carbocycles. The summed E-state index contributed by atoms with van der Waals surface area (Å²) < 4.78 is 2.89. The van der Waals surface area contributed by atoms with Gasteiger partial charge in [0.05, 0.1) is 0 Å². The first kappa shape index (κ1) is 18.3. The third-order valence-corrected chi connectivity index (χ3v) is 7.32. The summed E-state index contributed by atoms with van der Waals surface area (Å²) in [4.78, 5) is 16.9. The van der Waals surface area contributed by atoms with E-state index in [9.17, 15) is 4.79 Å². The van der Waals surface area contributed by atoms with Crippen molar-refractivity contribution in [2.75, 3.05) is 11.1 Å². The molecule has 0 radical (unpaired) electrons. The molecular weight excluding hydrogens is 413 g/mol. The summed E-state index contributed by atoms with van der Waals surface area (Å²) in [5, 5.41) is 9.37. The van der Waals surface area contributed by atoms with Gasteiger partial charge in [0.1, 0.15) is 0 Å². The first-order chi connectivity index (χ1) is 13.6. The number of carbonyl (C=O) groups excluding carboxylic acids is 1. The first-order valence-electron chi connectivity index (χ1n) is 8.86. The summed E-state index contributed by atoms with van der Waals surface area (Å²) in [7, 11) is 1.88. The Morgan fingerprint density at radius 2 is 2.04 bits per heavy atom. The molecule has 0 fully saturated rings. The molecule has 28 heavy (non-hydrogen) atoms. The van der Waals surface area contributed by atoms with Crippen LogP contribution in [0.4, 0.5) is 11.5 Å². The van der Waals surface area contributed by atoms with Gasteiger partial charge in [-0.05, 0) is 0 Å². The monoisotopic (exact) mass is 433 g/mol. The number of fused-ring (bicyclic) bond motifs is 1. The predicted molar refractivity (Wildman–Crippen MR) is 114 cm³/mol. The van der Waals surface area contributed by atoms with Crippen molar-refractivity contribution >= 4 is 48.4 Å². The van der Waals surface area contributed by atoms with Crippen molar-refractivity contribution in [1.82, 2.24) is 14.8 Å². The van der Waals surface area contributed by atoms with Gasteiger partial charge < -0.3 is 0 Å². The Morgan fingerprint density at radius 1 is 1.18 bits per heavy atom. The van der Waals surface area contributed by atoms with Crippen molar-refractivity contribution in [2.45, 2.75) is 5.21 Å². The predicted octanol–water partition coefficient (Wildman–Crippen LogP) is 2.06. The molecular formula is C21H20AsN5O. The van der Waals surface area contributed by atoms with E-state index in [0.29, 0.717) is 5.82 Å². The molecule has 1 atom stereocenters. The van der Waals surface area contributed by atoms with Crippen LogP contribution < -0.4 is 15.4 Å². The molecule has 0 aliphatic rings. The summed E-state index contributed by atoms with van der Waals surface area (Å²) in [5.41, 5.74) is 9.25. The molecule has 2 aromatic carbocycles. The average Bonchev–Trinajstić information content (AvgIpc) is 3.06. The second kappa shape index (κ2) is 7.87. The van der Waals surface area contributed by atoms with Crippen molar-refractivity contribution in [2.24, 2.45) is 7.05 Å². The van der Waals surface area contributed by atoms with Crippen molar-refractivity contribution in [3.8, 4) is 0 Å². The first-order valence-corrected chi connectivity index (χ1v) is 11.4. The second-order valence-corrected chi connectivity index (χ2v) is 9.13. The van der Waals surface area contributed by atoms with Gasteiger partial charge in [-0.2, -0.15) is 0 Å². The Hall–Kier alpha value is -3.11. The van der Waals surface area contributed by atoms with Crippen molar-refractivity contribution in [3.63, 3.8) is 0 Å². The van der Waals surface area contributed by atoms with Gasteiger partial charge in [0, 0.05) is 0 Å². The number of nitrogens with one attached hydrogen (secondary N) is 1. The summed E-state index contributed by atoms with van der Waals surface area (Å²) in [6, 6.07) is 17.4. The summed E-state index contributed by atoms with van der Waals surface area (Å²) in [5.74, 6) is 0.434. The van der Waals surface area contributed by atoms with Gasteiger partial charge in [0.2, 0.25) is 0 Å². The van der Waals surface area contributed by atoms with Gasteiger partial charge in [-0.3, -0.25) is 0 Å². The second-order valence-electron chi connectivity index (χ2n) is 6.52. The molecule has 2 aromatic heterocycles. The zero-order chi connectivity index (χ0) is 19.5. The van der Waals surface area contributed by atoms with Crippen LogP contribution in [0.25, 0.3) is 10.9 Å². The molecule has 140 valence electrons. The van der Waals surface area contributed by atoms with Gasteiger partial charge in [-0.25, -0.2) is 0 Å². The summed E-state index contributed by atoms with van der Waals surface area (Å²) >= 11 is -0.535. The molecule has 1 unspecified atom stereocenters. The van der Waals surface area contributed by atoms with Crippen LogP contribution in [-0.4, -0.2) is 36.4 Å². The number of nitrogen functional groups attached to an aromatic ring is 1. The van der Waals surface area contributed by atoms with E-state index in [2.05, 4.69) is 15.4 Å². The Morgan fingerprint density at radius 3 is 2.89 bits per heavy atom. The van der Waals surface area contributed by atoms with Gasteiger partial charge in [0.25, 0.3) is 0 Å². The minimum absolute atomic E-state index is 0.0936. The molecule has 0 saturated carbocycles. The van der Waals surface area contributed by atoms with Gasteiger partial charge in [-0.1, -0.05) is 0 Å². The van der Waals surface area contributed by atoms with E-state index in [1.165, 1.54) is 0 Å². The Bertz CT molecular complexity index is 1150. The number of amides is 1. The van der Waals surface area contributed by atoms with Crippen molar-refractivity contribution in [3.05, 3.63) is 78.1 Å². The fraction of sp³-hybridized carbons (Fsp3) is 0.0952. The Labute approximate surface area is 169 Å². The molecule has 2 heterocycles. The van der Waals surface area contributed by atoms with Crippen LogP contribution in [0.2, 0.25) is 0 Å². The number of carbonyl (C=O) groups is 1. The van der Waals surface area contributed by atoms with E-state index in [1.54, 1.807) is 10.9 Å². The fourth-order valence-corrected chi connectivity index (χ4v) is 5.60. The van der Waals surface area contributed by atoms with Gasteiger partial charge in [0.15, 0.2) is 0 Å². The van der Waals surface area contributed by atoms with Crippen molar-refractivity contribution in [1.29, 1.82) is 0 Å². The Kier molecular flexibility index (Phi) is 5.13. The van der Waals surface area contributed by atoms with E-state index in [-0.39, 0.29) is 5.91 Å². The molecule has 4 rings (SSSR count). The third-order valence-electron chi connectivity index (χ3n) is 4.38. The van der Waals surface area contributed by atoms with Crippen LogP contribution in [0.3, 0.4) is 0 Å². The van der Waals surface area contributed by atoms with Crippen molar-refractivity contribution < 1.29 is 4.79 Å². The minimum atomic E-state index is -0.535. The summed E-state index contributed by atoms with van der Waals surface area (Å²) in [6.45, 7) is 0. The number of benzene rings is 2. The number of hydrogen-bond donors (Lipinski definition) is 2. The number of aryl methyl sites for hydroxylation is 1. The molecule has 7 heteroatoms.